The Bertz CT molecular complexity index is 1190. The number of halogens is 3. The molecule has 3 aromatic rings. The third-order valence-corrected chi connectivity index (χ3v) is 5.87. The summed E-state index contributed by atoms with van der Waals surface area (Å²) in [5, 5.41) is 13.4. The minimum Gasteiger partial charge on any atom is -0.488 e. The Morgan fingerprint density at radius 2 is 1.87 bits per heavy atom. The normalized spacial score (nSPS) is 11.0. The molecule has 0 saturated heterocycles. The summed E-state index contributed by atoms with van der Waals surface area (Å²) in [6.07, 6.45) is 1.54. The number of aryl methyl sites for hydroxylation is 1. The fourth-order valence-electron chi connectivity index (χ4n) is 2.65. The maximum absolute atomic E-state index is 12.5. The predicted molar refractivity (Wildman–Crippen MR) is 133 cm³/mol. The van der Waals surface area contributed by atoms with Crippen LogP contribution in [0.4, 0.5) is 5.69 Å². The lowest BCUT2D eigenvalue weighted by atomic mass is 10.1. The van der Waals surface area contributed by atoms with Crippen molar-refractivity contribution in [2.45, 2.75) is 13.5 Å². The lowest BCUT2D eigenvalue weighted by Crippen LogP contribution is -2.13. The van der Waals surface area contributed by atoms with Gasteiger partial charge in [0, 0.05) is 15.7 Å². The third-order valence-electron chi connectivity index (χ3n) is 4.37. The number of nitrogens with one attached hydrogen (secondary N) is 1. The first-order chi connectivity index (χ1) is 14.9. The summed E-state index contributed by atoms with van der Waals surface area (Å²) in [5.74, 6) is 0.213. The second-order valence-electron chi connectivity index (χ2n) is 6.69. The Labute approximate surface area is 204 Å². The van der Waals surface area contributed by atoms with Crippen molar-refractivity contribution in [3.8, 4) is 11.8 Å². The van der Waals surface area contributed by atoms with Crippen molar-refractivity contribution in [2.75, 3.05) is 5.32 Å². The zero-order valence-corrected chi connectivity index (χ0v) is 20.1. The van der Waals surface area contributed by atoms with Crippen LogP contribution in [-0.4, -0.2) is 5.91 Å². The number of carbonyl (C=O) groups is 1. The van der Waals surface area contributed by atoms with Crippen LogP contribution in [0.1, 0.15) is 16.7 Å². The SMILES string of the molecule is Cc1ccc(NC(=O)/C(C#N)=C\c2ccc(OCc3ccc(Cl)cc3)c(I)c2)cc1Cl. The average molecular weight is 563 g/mol. The number of hydrogen-bond acceptors (Lipinski definition) is 3. The van der Waals surface area contributed by atoms with Crippen LogP contribution in [-0.2, 0) is 11.4 Å². The van der Waals surface area contributed by atoms with Gasteiger partial charge in [0.05, 0.1) is 3.57 Å². The number of nitriles is 1. The van der Waals surface area contributed by atoms with Gasteiger partial charge in [0.25, 0.3) is 5.91 Å². The summed E-state index contributed by atoms with van der Waals surface area (Å²) in [6, 6.07) is 20.1. The lowest BCUT2D eigenvalue weighted by Gasteiger charge is -2.10. The molecular weight excluding hydrogens is 546 g/mol. The molecule has 1 N–H and O–H groups in total. The van der Waals surface area contributed by atoms with E-state index in [1.165, 1.54) is 6.08 Å². The minimum atomic E-state index is -0.500. The number of nitrogens with zero attached hydrogens (tertiary/aromatic N) is 1. The van der Waals surface area contributed by atoms with Crippen molar-refractivity contribution < 1.29 is 9.53 Å². The third kappa shape index (κ3) is 6.47. The van der Waals surface area contributed by atoms with E-state index in [0.717, 1.165) is 20.3 Å². The summed E-state index contributed by atoms with van der Waals surface area (Å²) >= 11 is 14.2. The molecule has 0 saturated carbocycles. The standard InChI is InChI=1S/C24H17Cl2IN2O2/c1-15-2-8-20(12-21(15)26)29-24(30)18(13-28)10-17-5-9-23(22(27)11-17)31-14-16-3-6-19(25)7-4-16/h2-12H,14H2,1H3,(H,29,30)/b18-10-. The summed E-state index contributed by atoms with van der Waals surface area (Å²) in [7, 11) is 0. The van der Waals surface area contributed by atoms with E-state index < -0.39 is 5.91 Å². The maximum Gasteiger partial charge on any atom is 0.266 e. The van der Waals surface area contributed by atoms with Gasteiger partial charge in [-0.2, -0.15) is 5.26 Å². The van der Waals surface area contributed by atoms with Crippen LogP contribution >= 0.6 is 45.8 Å². The fraction of sp³-hybridized carbons (Fsp3) is 0.0833. The van der Waals surface area contributed by atoms with Crippen molar-refractivity contribution in [1.82, 2.24) is 0 Å². The van der Waals surface area contributed by atoms with Gasteiger partial charge in [-0.05, 0) is 88.7 Å². The van der Waals surface area contributed by atoms with E-state index in [1.807, 2.05) is 49.4 Å². The summed E-state index contributed by atoms with van der Waals surface area (Å²) in [5.41, 5.74) is 3.15. The van der Waals surface area contributed by atoms with Crippen LogP contribution in [0.3, 0.4) is 0 Å². The largest absolute Gasteiger partial charge is 0.488 e. The van der Waals surface area contributed by atoms with E-state index in [1.54, 1.807) is 24.3 Å². The number of rotatable bonds is 6. The topological polar surface area (TPSA) is 62.1 Å². The molecule has 0 aromatic heterocycles. The second-order valence-corrected chi connectivity index (χ2v) is 8.70. The van der Waals surface area contributed by atoms with Gasteiger partial charge in [0.15, 0.2) is 0 Å². The van der Waals surface area contributed by atoms with Gasteiger partial charge in [-0.1, -0.05) is 47.5 Å². The Kier molecular flexibility index (Phi) is 7.97. The Hall–Kier alpha value is -2.53. The van der Waals surface area contributed by atoms with Gasteiger partial charge in [-0.15, -0.1) is 0 Å². The Balaban J connectivity index is 1.70. The average Bonchev–Trinajstić information content (AvgIpc) is 2.75. The van der Waals surface area contributed by atoms with Crippen molar-refractivity contribution in [3.63, 3.8) is 0 Å². The molecule has 4 nitrogen and oxygen atoms in total. The van der Waals surface area contributed by atoms with E-state index in [9.17, 15) is 10.1 Å². The number of anilines is 1. The number of ether oxygens (including phenoxy) is 1. The van der Waals surface area contributed by atoms with E-state index in [-0.39, 0.29) is 5.57 Å². The second kappa shape index (κ2) is 10.7. The highest BCUT2D eigenvalue weighted by Crippen LogP contribution is 2.25. The molecule has 0 heterocycles. The molecule has 3 rings (SSSR count). The fourth-order valence-corrected chi connectivity index (χ4v) is 3.65. The minimum absolute atomic E-state index is 0.0117. The van der Waals surface area contributed by atoms with Gasteiger partial charge >= 0.3 is 0 Å². The van der Waals surface area contributed by atoms with Crippen LogP contribution in [0, 0.1) is 21.8 Å². The number of carbonyl (C=O) groups excluding carboxylic acids is 1. The molecular formula is C24H17Cl2IN2O2. The van der Waals surface area contributed by atoms with Gasteiger partial charge in [0.2, 0.25) is 0 Å². The van der Waals surface area contributed by atoms with Crippen molar-refractivity contribution in [2.24, 2.45) is 0 Å². The van der Waals surface area contributed by atoms with Crippen LogP contribution < -0.4 is 10.1 Å². The predicted octanol–water partition coefficient (Wildman–Crippen LogP) is 7.03. The van der Waals surface area contributed by atoms with Crippen molar-refractivity contribution in [1.29, 1.82) is 5.26 Å². The Morgan fingerprint density at radius 3 is 2.52 bits per heavy atom. The number of hydrogen-bond donors (Lipinski definition) is 1. The summed E-state index contributed by atoms with van der Waals surface area (Å²) < 4.78 is 6.73. The van der Waals surface area contributed by atoms with Crippen LogP contribution in [0.5, 0.6) is 5.75 Å². The van der Waals surface area contributed by atoms with Crippen molar-refractivity contribution >= 4 is 63.5 Å². The highest BCUT2D eigenvalue weighted by Gasteiger charge is 2.11. The van der Waals surface area contributed by atoms with Crippen LogP contribution in [0.2, 0.25) is 10.0 Å². The zero-order valence-electron chi connectivity index (χ0n) is 16.5. The van der Waals surface area contributed by atoms with Crippen LogP contribution in [0.15, 0.2) is 66.2 Å². The van der Waals surface area contributed by atoms with Gasteiger partial charge in [0.1, 0.15) is 24.0 Å². The van der Waals surface area contributed by atoms with E-state index in [0.29, 0.717) is 28.1 Å². The highest BCUT2D eigenvalue weighted by atomic mass is 127. The molecule has 0 fully saturated rings. The van der Waals surface area contributed by atoms with Gasteiger partial charge < -0.3 is 10.1 Å². The number of amides is 1. The highest BCUT2D eigenvalue weighted by molar-refractivity contribution is 14.1. The lowest BCUT2D eigenvalue weighted by molar-refractivity contribution is -0.112. The monoisotopic (exact) mass is 562 g/mol. The first kappa shape index (κ1) is 23.1. The summed E-state index contributed by atoms with van der Waals surface area (Å²) in [4.78, 5) is 12.5. The quantitative estimate of drug-likeness (QED) is 0.199. The molecule has 1 amide bonds. The molecule has 0 aliphatic rings. The van der Waals surface area contributed by atoms with E-state index in [2.05, 4.69) is 27.9 Å². The van der Waals surface area contributed by atoms with E-state index >= 15 is 0 Å². The van der Waals surface area contributed by atoms with Gasteiger partial charge in [-0.3, -0.25) is 4.79 Å². The van der Waals surface area contributed by atoms with E-state index in [4.69, 9.17) is 27.9 Å². The summed E-state index contributed by atoms with van der Waals surface area (Å²) in [6.45, 7) is 2.28. The molecule has 0 aliphatic carbocycles. The first-order valence-electron chi connectivity index (χ1n) is 9.22. The Morgan fingerprint density at radius 1 is 1.13 bits per heavy atom. The molecule has 7 heteroatoms. The molecule has 156 valence electrons. The molecule has 0 bridgehead atoms. The van der Waals surface area contributed by atoms with Crippen molar-refractivity contribution in [3.05, 3.63) is 96.5 Å². The maximum atomic E-state index is 12.5. The zero-order chi connectivity index (χ0) is 22.4. The van der Waals surface area contributed by atoms with Crippen LogP contribution in [0.25, 0.3) is 6.08 Å². The molecule has 0 aliphatic heterocycles. The molecule has 3 aromatic carbocycles. The number of benzene rings is 3. The molecule has 0 unspecified atom stereocenters. The molecule has 31 heavy (non-hydrogen) atoms. The van der Waals surface area contributed by atoms with Gasteiger partial charge in [-0.25, -0.2) is 0 Å². The molecule has 0 spiro atoms. The molecule has 0 radical (unpaired) electrons. The first-order valence-corrected chi connectivity index (χ1v) is 11.1. The smallest absolute Gasteiger partial charge is 0.266 e. The molecule has 0 atom stereocenters.